The van der Waals surface area contributed by atoms with Crippen LogP contribution in [0.15, 0.2) is 79.4 Å². The van der Waals surface area contributed by atoms with Crippen LogP contribution in [0.2, 0.25) is 0 Å². The van der Waals surface area contributed by atoms with Gasteiger partial charge in [-0.25, -0.2) is 9.97 Å². The lowest BCUT2D eigenvalue weighted by atomic mass is 10.1. The molecule has 0 saturated heterocycles. The van der Waals surface area contributed by atoms with Crippen LogP contribution in [0.5, 0.6) is 0 Å². The molecule has 4 rings (SSSR count). The fourth-order valence-corrected chi connectivity index (χ4v) is 3.15. The van der Waals surface area contributed by atoms with Gasteiger partial charge in [0.15, 0.2) is 0 Å². The van der Waals surface area contributed by atoms with Crippen molar-refractivity contribution in [1.29, 1.82) is 0 Å². The first-order valence-electron chi connectivity index (χ1n) is 8.84. The summed E-state index contributed by atoms with van der Waals surface area (Å²) in [5.74, 6) is 0.935. The van der Waals surface area contributed by atoms with Gasteiger partial charge in [-0.3, -0.25) is 0 Å². The first-order valence-corrected chi connectivity index (χ1v) is 8.84. The molecule has 129 valence electrons. The Kier molecular flexibility index (Phi) is 4.65. The van der Waals surface area contributed by atoms with Crippen molar-refractivity contribution < 1.29 is 0 Å². The number of nitrogens with one attached hydrogen (secondary N) is 1. The lowest BCUT2D eigenvalue weighted by Gasteiger charge is -2.15. The SMILES string of the molecule is [CH2]CCC(c1nc(-c2ccccc2)c[nH]1)n1cnc(-c2ccccc2)c1. The second-order valence-corrected chi connectivity index (χ2v) is 6.27. The molecule has 2 heterocycles. The zero-order chi connectivity index (χ0) is 17.8. The van der Waals surface area contributed by atoms with E-state index < -0.39 is 0 Å². The highest BCUT2D eigenvalue weighted by Gasteiger charge is 2.18. The van der Waals surface area contributed by atoms with Crippen molar-refractivity contribution in [2.45, 2.75) is 18.9 Å². The summed E-state index contributed by atoms with van der Waals surface area (Å²) in [6.45, 7) is 4.03. The van der Waals surface area contributed by atoms with Crippen LogP contribution in [0.25, 0.3) is 22.5 Å². The summed E-state index contributed by atoms with van der Waals surface area (Å²) in [6, 6.07) is 20.5. The van der Waals surface area contributed by atoms with E-state index in [1.165, 1.54) is 0 Å². The molecule has 0 amide bonds. The van der Waals surface area contributed by atoms with Gasteiger partial charge in [0, 0.05) is 23.5 Å². The molecule has 1 N–H and O–H groups in total. The number of nitrogens with zero attached hydrogens (tertiary/aromatic N) is 3. The molecule has 4 nitrogen and oxygen atoms in total. The molecule has 0 fully saturated rings. The molecule has 1 unspecified atom stereocenters. The number of hydrogen-bond donors (Lipinski definition) is 1. The maximum absolute atomic E-state index is 4.83. The molecule has 4 aromatic rings. The van der Waals surface area contributed by atoms with Crippen LogP contribution in [0.3, 0.4) is 0 Å². The summed E-state index contributed by atoms with van der Waals surface area (Å²) in [5.41, 5.74) is 4.15. The smallest absolute Gasteiger partial charge is 0.130 e. The standard InChI is InChI=1S/C22H21N4/c1-2-9-21(22-23-14-19(25-22)17-10-5-3-6-11-17)26-15-20(24-16-26)18-12-7-4-8-13-18/h3-8,10-16,21H,1-2,9H2,(H,23,25). The van der Waals surface area contributed by atoms with E-state index in [4.69, 9.17) is 4.98 Å². The van der Waals surface area contributed by atoms with Crippen molar-refractivity contribution in [3.8, 4) is 22.5 Å². The van der Waals surface area contributed by atoms with Crippen LogP contribution in [-0.2, 0) is 0 Å². The second-order valence-electron chi connectivity index (χ2n) is 6.27. The average molecular weight is 341 g/mol. The van der Waals surface area contributed by atoms with Crippen LogP contribution in [0.1, 0.15) is 24.7 Å². The van der Waals surface area contributed by atoms with Crippen molar-refractivity contribution in [3.63, 3.8) is 0 Å². The minimum atomic E-state index is 0.0925. The maximum atomic E-state index is 4.83. The number of aromatic amines is 1. The van der Waals surface area contributed by atoms with E-state index in [2.05, 4.69) is 51.9 Å². The predicted octanol–water partition coefficient (Wildman–Crippen LogP) is 5.14. The second kappa shape index (κ2) is 7.40. The highest BCUT2D eigenvalue weighted by atomic mass is 15.1. The van der Waals surface area contributed by atoms with Crippen LogP contribution in [0, 0.1) is 6.92 Å². The fourth-order valence-electron chi connectivity index (χ4n) is 3.15. The summed E-state index contributed by atoms with van der Waals surface area (Å²) >= 11 is 0. The van der Waals surface area contributed by atoms with Crippen LogP contribution < -0.4 is 0 Å². The first-order chi connectivity index (χ1) is 12.8. The molecule has 0 spiro atoms. The Morgan fingerprint density at radius 3 is 2.23 bits per heavy atom. The quantitative estimate of drug-likeness (QED) is 0.527. The molecule has 26 heavy (non-hydrogen) atoms. The molecule has 0 aliphatic carbocycles. The Balaban J connectivity index is 1.65. The van der Waals surface area contributed by atoms with Gasteiger partial charge in [0.25, 0.3) is 0 Å². The monoisotopic (exact) mass is 341 g/mol. The summed E-state index contributed by atoms with van der Waals surface area (Å²) in [7, 11) is 0. The van der Waals surface area contributed by atoms with Crippen LogP contribution >= 0.6 is 0 Å². The number of aromatic nitrogens is 4. The van der Waals surface area contributed by atoms with Gasteiger partial charge in [-0.1, -0.05) is 74.0 Å². The van der Waals surface area contributed by atoms with E-state index in [0.717, 1.165) is 41.2 Å². The van der Waals surface area contributed by atoms with Gasteiger partial charge in [0.2, 0.25) is 0 Å². The number of imidazole rings is 2. The number of H-pyrrole nitrogens is 1. The van der Waals surface area contributed by atoms with Gasteiger partial charge < -0.3 is 9.55 Å². The molecule has 0 aliphatic rings. The molecule has 0 saturated carbocycles. The summed E-state index contributed by atoms with van der Waals surface area (Å²) in [4.78, 5) is 12.8. The normalized spacial score (nSPS) is 12.2. The van der Waals surface area contributed by atoms with E-state index in [1.54, 1.807) is 0 Å². The van der Waals surface area contributed by atoms with Crippen molar-refractivity contribution in [3.05, 3.63) is 92.1 Å². The zero-order valence-corrected chi connectivity index (χ0v) is 14.5. The van der Waals surface area contributed by atoms with Crippen molar-refractivity contribution in [2.75, 3.05) is 0 Å². The first kappa shape index (κ1) is 16.3. The highest BCUT2D eigenvalue weighted by Crippen LogP contribution is 2.26. The molecular weight excluding hydrogens is 320 g/mol. The Morgan fingerprint density at radius 2 is 1.58 bits per heavy atom. The predicted molar refractivity (Wildman–Crippen MR) is 104 cm³/mol. The number of rotatable bonds is 6. The van der Waals surface area contributed by atoms with Gasteiger partial charge in [-0.2, -0.15) is 0 Å². The lowest BCUT2D eigenvalue weighted by molar-refractivity contribution is 0.520. The van der Waals surface area contributed by atoms with E-state index >= 15 is 0 Å². The average Bonchev–Trinajstić information content (AvgIpc) is 3.38. The topological polar surface area (TPSA) is 46.5 Å². The third kappa shape index (κ3) is 3.31. The van der Waals surface area contributed by atoms with Gasteiger partial charge in [-0.05, 0) is 6.42 Å². The van der Waals surface area contributed by atoms with Crippen LogP contribution in [-0.4, -0.2) is 19.5 Å². The molecule has 0 bridgehead atoms. The largest absolute Gasteiger partial charge is 0.346 e. The highest BCUT2D eigenvalue weighted by molar-refractivity contribution is 5.59. The van der Waals surface area contributed by atoms with E-state index in [-0.39, 0.29) is 6.04 Å². The van der Waals surface area contributed by atoms with Crippen molar-refractivity contribution >= 4 is 0 Å². The number of benzene rings is 2. The summed E-state index contributed by atoms with van der Waals surface area (Å²) in [6.07, 6.45) is 7.65. The molecule has 1 atom stereocenters. The van der Waals surface area contributed by atoms with Gasteiger partial charge in [0.05, 0.1) is 23.8 Å². The van der Waals surface area contributed by atoms with Crippen molar-refractivity contribution in [1.82, 2.24) is 19.5 Å². The van der Waals surface area contributed by atoms with Gasteiger partial charge in [-0.15, -0.1) is 0 Å². The molecule has 1 radical (unpaired) electrons. The fraction of sp³-hybridized carbons (Fsp3) is 0.136. The van der Waals surface area contributed by atoms with Crippen molar-refractivity contribution in [2.24, 2.45) is 0 Å². The van der Waals surface area contributed by atoms with E-state index in [9.17, 15) is 0 Å². The summed E-state index contributed by atoms with van der Waals surface area (Å²) in [5, 5.41) is 0. The van der Waals surface area contributed by atoms with Gasteiger partial charge >= 0.3 is 0 Å². The molecular formula is C22H21N4. The Bertz CT molecular complexity index is 876. The molecule has 4 heteroatoms. The van der Waals surface area contributed by atoms with Gasteiger partial charge in [0.1, 0.15) is 5.82 Å². The minimum absolute atomic E-state index is 0.0925. The third-order valence-corrected chi connectivity index (χ3v) is 4.49. The Hall–Kier alpha value is -3.14. The molecule has 2 aromatic carbocycles. The van der Waals surface area contributed by atoms with E-state index in [1.807, 2.05) is 48.9 Å². The maximum Gasteiger partial charge on any atom is 0.130 e. The Morgan fingerprint density at radius 1 is 0.923 bits per heavy atom. The Labute approximate surface area is 153 Å². The molecule has 0 aliphatic heterocycles. The summed E-state index contributed by atoms with van der Waals surface area (Å²) < 4.78 is 2.13. The van der Waals surface area contributed by atoms with Crippen LogP contribution in [0.4, 0.5) is 0 Å². The molecule has 2 aromatic heterocycles. The zero-order valence-electron chi connectivity index (χ0n) is 14.5. The number of hydrogen-bond acceptors (Lipinski definition) is 2. The van der Waals surface area contributed by atoms with E-state index in [0.29, 0.717) is 0 Å². The minimum Gasteiger partial charge on any atom is -0.346 e. The lowest BCUT2D eigenvalue weighted by Crippen LogP contribution is -2.10. The third-order valence-electron chi connectivity index (χ3n) is 4.49.